The number of nitrogens with one attached hydrogen (secondary N) is 4. The fourth-order valence-electron chi connectivity index (χ4n) is 5.24. The summed E-state index contributed by atoms with van der Waals surface area (Å²) in [4.78, 5) is 64.9. The Morgan fingerprint density at radius 3 is 2.40 bits per heavy atom. The van der Waals surface area contributed by atoms with Gasteiger partial charge in [-0.05, 0) is 62.3 Å². The molecular weight excluding hydrogens is 604 g/mol. The summed E-state index contributed by atoms with van der Waals surface area (Å²) >= 11 is 0. The third-order valence-electron chi connectivity index (χ3n) is 7.90. The number of nitrogens with zero attached hydrogens (tertiary/aromatic N) is 3. The van der Waals surface area contributed by atoms with Gasteiger partial charge in [0, 0.05) is 25.1 Å². The van der Waals surface area contributed by atoms with E-state index in [4.69, 9.17) is 10.5 Å². The largest absolute Gasteiger partial charge is 0.467 e. The molecule has 1 aromatic heterocycles. The zero-order chi connectivity index (χ0) is 33.8. The summed E-state index contributed by atoms with van der Waals surface area (Å²) in [6, 6.07) is 12.2. The molecule has 250 valence electrons. The van der Waals surface area contributed by atoms with E-state index in [2.05, 4.69) is 31.6 Å². The number of fused-ring (bicyclic) bond motifs is 19. The first kappa shape index (κ1) is 34.8. The van der Waals surface area contributed by atoms with Crippen LogP contribution in [0.15, 0.2) is 60.8 Å². The minimum atomic E-state index is -1.04. The zero-order valence-corrected chi connectivity index (χ0v) is 26.6. The molecule has 2 aliphatic heterocycles. The van der Waals surface area contributed by atoms with Gasteiger partial charge in [0.05, 0.1) is 25.0 Å². The molecule has 0 radical (unpaired) electrons. The Balaban J connectivity index is 1.54. The van der Waals surface area contributed by atoms with Crippen molar-refractivity contribution in [1.29, 1.82) is 0 Å². The van der Waals surface area contributed by atoms with E-state index in [0.717, 1.165) is 16.8 Å². The van der Waals surface area contributed by atoms with E-state index < -0.39 is 47.9 Å². The third kappa shape index (κ3) is 10.5. The van der Waals surface area contributed by atoms with E-state index in [9.17, 15) is 24.0 Å². The molecule has 2 bridgehead atoms. The van der Waals surface area contributed by atoms with Gasteiger partial charge in [0.1, 0.15) is 18.1 Å². The van der Waals surface area contributed by atoms with Gasteiger partial charge in [-0.3, -0.25) is 19.2 Å². The maximum atomic E-state index is 13.5. The summed E-state index contributed by atoms with van der Waals surface area (Å²) in [6.45, 7) is 1.92. The van der Waals surface area contributed by atoms with Crippen molar-refractivity contribution in [3.05, 3.63) is 77.6 Å². The second-order valence-electron chi connectivity index (χ2n) is 11.6. The molecule has 2 aliphatic rings. The first-order valence-electron chi connectivity index (χ1n) is 15.7. The highest BCUT2D eigenvalue weighted by Crippen LogP contribution is 2.14. The number of hydrogen-bond acceptors (Lipinski definition) is 9. The summed E-state index contributed by atoms with van der Waals surface area (Å²) in [6.07, 6.45) is 4.10. The lowest BCUT2D eigenvalue weighted by Crippen LogP contribution is -2.57. The van der Waals surface area contributed by atoms with Crippen molar-refractivity contribution in [2.45, 2.75) is 82.6 Å². The second kappa shape index (κ2) is 17.0. The number of methoxy groups -OCH3 is 1. The smallest absolute Gasteiger partial charge is 0.328 e. The topological polar surface area (TPSA) is 199 Å². The van der Waals surface area contributed by atoms with Crippen LogP contribution in [0.5, 0.6) is 0 Å². The van der Waals surface area contributed by atoms with Crippen molar-refractivity contribution in [2.75, 3.05) is 12.4 Å². The molecule has 14 nitrogen and oxygen atoms in total. The summed E-state index contributed by atoms with van der Waals surface area (Å²) in [5.41, 5.74) is 9.27. The van der Waals surface area contributed by atoms with Gasteiger partial charge in [-0.15, -0.1) is 5.10 Å². The molecule has 6 N–H and O–H groups in total. The lowest BCUT2D eigenvalue weighted by atomic mass is 10.0. The van der Waals surface area contributed by atoms with Gasteiger partial charge in [-0.2, -0.15) is 0 Å². The molecule has 0 unspecified atom stereocenters. The number of amides is 4. The average molecular weight is 647 g/mol. The Morgan fingerprint density at radius 1 is 0.936 bits per heavy atom. The lowest BCUT2D eigenvalue weighted by molar-refractivity contribution is -0.145. The van der Waals surface area contributed by atoms with Crippen LogP contribution in [-0.2, 0) is 54.5 Å². The van der Waals surface area contributed by atoms with Crippen LogP contribution in [0.4, 0.5) is 5.69 Å². The normalized spacial score (nSPS) is 22.4. The molecule has 4 atom stereocenters. The van der Waals surface area contributed by atoms with Crippen LogP contribution >= 0.6 is 0 Å². The van der Waals surface area contributed by atoms with Crippen molar-refractivity contribution in [2.24, 2.45) is 5.73 Å². The number of aromatic nitrogens is 3. The number of benzene rings is 2. The highest BCUT2D eigenvalue weighted by atomic mass is 16.5. The fraction of sp³-hybridized carbons (Fsp3) is 0.424. The number of esters is 1. The Hall–Kier alpha value is -5.11. The van der Waals surface area contributed by atoms with E-state index in [-0.39, 0.29) is 31.6 Å². The zero-order valence-electron chi connectivity index (χ0n) is 26.6. The van der Waals surface area contributed by atoms with Crippen molar-refractivity contribution in [1.82, 2.24) is 30.9 Å². The van der Waals surface area contributed by atoms with Crippen LogP contribution in [0.3, 0.4) is 0 Å². The number of aryl methyl sites for hydroxylation is 2. The second-order valence-corrected chi connectivity index (χ2v) is 11.6. The SMILES string of the molecule is COC(=O)[C@@H]1CCCn2nncc2CCCC(=O)Nc2ccc(cc2)C[C@H](N)C(=O)N[C@@H](Cc2ccccc2)C(=O)N[C@H](C)C(=O)N1. The molecule has 0 saturated heterocycles. The monoisotopic (exact) mass is 646 g/mol. The van der Waals surface area contributed by atoms with E-state index >= 15 is 0 Å². The Kier molecular flexibility index (Phi) is 12.6. The molecule has 4 amide bonds. The molecule has 3 aromatic rings. The average Bonchev–Trinajstić information content (AvgIpc) is 3.51. The van der Waals surface area contributed by atoms with Gasteiger partial charge in [-0.1, -0.05) is 47.7 Å². The molecule has 47 heavy (non-hydrogen) atoms. The number of hydrogen-bond donors (Lipinski definition) is 5. The maximum absolute atomic E-state index is 13.5. The van der Waals surface area contributed by atoms with Crippen LogP contribution in [-0.4, -0.2) is 75.9 Å². The summed E-state index contributed by atoms with van der Waals surface area (Å²) in [5, 5.41) is 19.1. The molecule has 3 heterocycles. The molecule has 0 spiro atoms. The van der Waals surface area contributed by atoms with E-state index in [1.54, 1.807) is 35.1 Å². The highest BCUT2D eigenvalue weighted by Gasteiger charge is 2.29. The van der Waals surface area contributed by atoms with Gasteiger partial charge in [0.2, 0.25) is 23.6 Å². The van der Waals surface area contributed by atoms with Gasteiger partial charge < -0.3 is 31.7 Å². The number of carbonyl (C=O) groups is 5. The van der Waals surface area contributed by atoms with E-state index in [1.807, 2.05) is 30.3 Å². The van der Waals surface area contributed by atoms with Crippen molar-refractivity contribution in [3.63, 3.8) is 0 Å². The number of nitrogens with two attached hydrogens (primary N) is 1. The summed E-state index contributed by atoms with van der Waals surface area (Å²) in [5.74, 6) is -2.50. The Labute approximate surface area is 273 Å². The van der Waals surface area contributed by atoms with E-state index in [0.29, 0.717) is 31.5 Å². The van der Waals surface area contributed by atoms with Crippen LogP contribution in [0.1, 0.15) is 49.4 Å². The minimum Gasteiger partial charge on any atom is -0.467 e. The molecular formula is C33H42N8O6. The number of rotatable bonds is 3. The summed E-state index contributed by atoms with van der Waals surface area (Å²) in [7, 11) is 1.23. The van der Waals surface area contributed by atoms with Crippen molar-refractivity contribution in [3.8, 4) is 0 Å². The maximum Gasteiger partial charge on any atom is 0.328 e. The standard InChI is InChI=1S/C33H42N8O6/c1-21-30(43)38-27(33(46)47-2)11-7-17-41-25(20-35-40-41)10-6-12-29(42)37-24-15-13-23(14-16-24)18-26(34)31(44)39-28(32(45)36-21)19-22-8-4-3-5-9-22/h3-5,8-9,13-16,20-21,26-28H,6-7,10-12,17-19,34H2,1-2H3,(H,36,45)(H,37,42)(H,38,43)(H,39,44)/t21-,26+,27+,28+/m1/s1. The first-order chi connectivity index (χ1) is 22.6. The molecule has 0 saturated carbocycles. The molecule has 5 rings (SSSR count). The van der Waals surface area contributed by atoms with Gasteiger partial charge in [0.25, 0.3) is 0 Å². The van der Waals surface area contributed by atoms with Crippen LogP contribution in [0.2, 0.25) is 0 Å². The quantitative estimate of drug-likeness (QED) is 0.202. The third-order valence-corrected chi connectivity index (χ3v) is 7.90. The fourth-order valence-corrected chi connectivity index (χ4v) is 5.24. The lowest BCUT2D eigenvalue weighted by Gasteiger charge is -2.24. The van der Waals surface area contributed by atoms with Crippen LogP contribution in [0, 0.1) is 0 Å². The number of carbonyl (C=O) groups excluding carboxylic acids is 5. The molecule has 2 aromatic carbocycles. The minimum absolute atomic E-state index is 0.146. The van der Waals surface area contributed by atoms with Crippen LogP contribution < -0.4 is 27.0 Å². The Morgan fingerprint density at radius 2 is 1.68 bits per heavy atom. The molecule has 0 fully saturated rings. The number of ether oxygens (including phenoxy) is 1. The van der Waals surface area contributed by atoms with Crippen molar-refractivity contribution < 1.29 is 28.7 Å². The van der Waals surface area contributed by atoms with Crippen molar-refractivity contribution >= 4 is 35.3 Å². The number of anilines is 1. The van der Waals surface area contributed by atoms with Crippen LogP contribution in [0.25, 0.3) is 0 Å². The highest BCUT2D eigenvalue weighted by molar-refractivity contribution is 5.94. The predicted molar refractivity (Wildman–Crippen MR) is 173 cm³/mol. The van der Waals surface area contributed by atoms with E-state index in [1.165, 1.54) is 14.0 Å². The molecule has 14 heteroatoms. The Bertz CT molecular complexity index is 1530. The van der Waals surface area contributed by atoms with Gasteiger partial charge >= 0.3 is 5.97 Å². The van der Waals surface area contributed by atoms with Gasteiger partial charge in [0.15, 0.2) is 0 Å². The molecule has 0 aliphatic carbocycles. The van der Waals surface area contributed by atoms with Gasteiger partial charge in [-0.25, -0.2) is 9.48 Å². The summed E-state index contributed by atoms with van der Waals surface area (Å²) < 4.78 is 6.62. The first-order valence-corrected chi connectivity index (χ1v) is 15.7. The predicted octanol–water partition coefficient (Wildman–Crippen LogP) is 0.793.